The molecular weight excluding hydrogens is 210 g/mol. The summed E-state index contributed by atoms with van der Waals surface area (Å²) in [5, 5.41) is 3.53. The molecule has 1 aliphatic heterocycles. The van der Waals surface area contributed by atoms with Gasteiger partial charge in [0, 0.05) is 38.3 Å². The number of likely N-dealkylation sites (N-methyl/N-ethyl adjacent to an activating group) is 1. The van der Waals surface area contributed by atoms with Crippen LogP contribution in [0.15, 0.2) is 0 Å². The fourth-order valence-electron chi connectivity index (χ4n) is 2.65. The minimum atomic E-state index is 0.605. The highest BCUT2D eigenvalue weighted by Crippen LogP contribution is 2.10. The molecule has 2 unspecified atom stereocenters. The van der Waals surface area contributed by atoms with E-state index in [9.17, 15) is 0 Å². The second-order valence-electron chi connectivity index (χ2n) is 5.91. The van der Waals surface area contributed by atoms with Gasteiger partial charge in [-0.2, -0.15) is 0 Å². The molecule has 1 aliphatic rings. The molecule has 0 saturated carbocycles. The molecule has 1 N–H and O–H groups in total. The summed E-state index contributed by atoms with van der Waals surface area (Å²) in [6.45, 7) is 18.7. The first-order valence-corrected chi connectivity index (χ1v) is 7.22. The highest BCUT2D eigenvalue weighted by Gasteiger charge is 2.22. The molecule has 0 radical (unpaired) electrons. The second-order valence-corrected chi connectivity index (χ2v) is 5.91. The Kier molecular flexibility index (Phi) is 6.45. The van der Waals surface area contributed by atoms with Crippen LogP contribution in [0.2, 0.25) is 0 Å². The molecule has 17 heavy (non-hydrogen) atoms. The third-order valence-electron chi connectivity index (χ3n) is 3.70. The van der Waals surface area contributed by atoms with E-state index < -0.39 is 0 Å². The minimum absolute atomic E-state index is 0.605. The van der Waals surface area contributed by atoms with Crippen LogP contribution in [0.1, 0.15) is 34.6 Å². The number of hydrogen-bond donors (Lipinski definition) is 1. The standard InChI is InChI=1S/C14H31N3/c1-6-17-8-7-16(11-14(17)5)10-13(4)9-15-12(2)3/h12-15H,6-11H2,1-5H3. The van der Waals surface area contributed by atoms with E-state index in [0.29, 0.717) is 6.04 Å². The number of nitrogens with one attached hydrogen (secondary N) is 1. The molecule has 1 rings (SSSR count). The summed E-state index contributed by atoms with van der Waals surface area (Å²) in [5.41, 5.74) is 0. The fraction of sp³-hybridized carbons (Fsp3) is 1.00. The molecule has 102 valence electrons. The zero-order valence-corrected chi connectivity index (χ0v) is 12.4. The molecule has 1 fully saturated rings. The largest absolute Gasteiger partial charge is 0.314 e. The predicted molar refractivity (Wildman–Crippen MR) is 75.5 cm³/mol. The number of rotatable bonds is 6. The van der Waals surface area contributed by atoms with E-state index in [1.54, 1.807) is 0 Å². The van der Waals surface area contributed by atoms with Gasteiger partial charge in [-0.05, 0) is 25.9 Å². The van der Waals surface area contributed by atoms with Crippen molar-refractivity contribution in [3.63, 3.8) is 0 Å². The lowest BCUT2D eigenvalue weighted by Crippen LogP contribution is -2.52. The molecule has 3 nitrogen and oxygen atoms in total. The fourth-order valence-corrected chi connectivity index (χ4v) is 2.65. The van der Waals surface area contributed by atoms with Gasteiger partial charge in [0.05, 0.1) is 0 Å². The average Bonchev–Trinajstić information content (AvgIpc) is 2.26. The van der Waals surface area contributed by atoms with Crippen LogP contribution in [0, 0.1) is 5.92 Å². The van der Waals surface area contributed by atoms with E-state index in [1.807, 2.05) is 0 Å². The minimum Gasteiger partial charge on any atom is -0.314 e. The average molecular weight is 241 g/mol. The summed E-state index contributed by atoms with van der Waals surface area (Å²) in [6.07, 6.45) is 0. The molecule has 0 aromatic heterocycles. The summed E-state index contributed by atoms with van der Waals surface area (Å²) in [5.74, 6) is 0.748. The van der Waals surface area contributed by atoms with E-state index in [4.69, 9.17) is 0 Å². The van der Waals surface area contributed by atoms with Crippen molar-refractivity contribution in [2.24, 2.45) is 5.92 Å². The Bertz CT molecular complexity index is 206. The first-order valence-electron chi connectivity index (χ1n) is 7.22. The Balaban J connectivity index is 2.24. The molecule has 0 aliphatic carbocycles. The lowest BCUT2D eigenvalue weighted by atomic mass is 10.1. The summed E-state index contributed by atoms with van der Waals surface area (Å²) < 4.78 is 0. The van der Waals surface area contributed by atoms with Gasteiger partial charge >= 0.3 is 0 Å². The van der Waals surface area contributed by atoms with Crippen LogP contribution in [-0.4, -0.2) is 61.2 Å². The molecule has 2 atom stereocenters. The lowest BCUT2D eigenvalue weighted by Gasteiger charge is -2.40. The van der Waals surface area contributed by atoms with Crippen LogP contribution in [0.4, 0.5) is 0 Å². The maximum atomic E-state index is 3.53. The predicted octanol–water partition coefficient (Wildman–Crippen LogP) is 1.65. The zero-order chi connectivity index (χ0) is 12.8. The van der Waals surface area contributed by atoms with Crippen LogP contribution in [-0.2, 0) is 0 Å². The molecular formula is C14H31N3. The van der Waals surface area contributed by atoms with E-state index >= 15 is 0 Å². The smallest absolute Gasteiger partial charge is 0.0195 e. The highest BCUT2D eigenvalue weighted by atomic mass is 15.3. The molecule has 0 bridgehead atoms. The van der Waals surface area contributed by atoms with Gasteiger partial charge in [-0.3, -0.25) is 4.90 Å². The maximum Gasteiger partial charge on any atom is 0.0195 e. The van der Waals surface area contributed by atoms with Gasteiger partial charge in [-0.25, -0.2) is 0 Å². The van der Waals surface area contributed by atoms with Crippen molar-refractivity contribution in [3.05, 3.63) is 0 Å². The normalized spacial score (nSPS) is 25.4. The van der Waals surface area contributed by atoms with Crippen LogP contribution in [0.3, 0.4) is 0 Å². The molecule has 0 aromatic rings. The van der Waals surface area contributed by atoms with E-state index in [2.05, 4.69) is 49.7 Å². The quantitative estimate of drug-likeness (QED) is 0.763. The SMILES string of the molecule is CCN1CCN(CC(C)CNC(C)C)CC1C. The number of nitrogens with zero attached hydrogens (tertiary/aromatic N) is 2. The Morgan fingerprint density at radius 2 is 1.94 bits per heavy atom. The van der Waals surface area contributed by atoms with Crippen LogP contribution in [0.25, 0.3) is 0 Å². The molecule has 1 saturated heterocycles. The van der Waals surface area contributed by atoms with Crippen molar-refractivity contribution in [1.29, 1.82) is 0 Å². The van der Waals surface area contributed by atoms with E-state index in [1.165, 1.54) is 32.7 Å². The van der Waals surface area contributed by atoms with Gasteiger partial charge < -0.3 is 10.2 Å². The Morgan fingerprint density at radius 3 is 2.47 bits per heavy atom. The molecule has 0 amide bonds. The topological polar surface area (TPSA) is 18.5 Å². The van der Waals surface area contributed by atoms with Crippen LogP contribution in [0.5, 0.6) is 0 Å². The van der Waals surface area contributed by atoms with Crippen molar-refractivity contribution >= 4 is 0 Å². The third-order valence-corrected chi connectivity index (χ3v) is 3.70. The summed E-state index contributed by atoms with van der Waals surface area (Å²) in [7, 11) is 0. The Morgan fingerprint density at radius 1 is 1.24 bits per heavy atom. The monoisotopic (exact) mass is 241 g/mol. The lowest BCUT2D eigenvalue weighted by molar-refractivity contribution is 0.0786. The van der Waals surface area contributed by atoms with E-state index in [0.717, 1.165) is 18.5 Å². The highest BCUT2D eigenvalue weighted by molar-refractivity contribution is 4.79. The third kappa shape index (κ3) is 5.36. The number of hydrogen-bond acceptors (Lipinski definition) is 3. The molecule has 0 spiro atoms. The molecule has 1 heterocycles. The van der Waals surface area contributed by atoms with Gasteiger partial charge in [-0.1, -0.05) is 27.7 Å². The van der Waals surface area contributed by atoms with Gasteiger partial charge in [-0.15, -0.1) is 0 Å². The summed E-state index contributed by atoms with van der Waals surface area (Å²) in [6, 6.07) is 1.33. The summed E-state index contributed by atoms with van der Waals surface area (Å²) >= 11 is 0. The van der Waals surface area contributed by atoms with Crippen molar-refractivity contribution in [2.75, 3.05) is 39.3 Å². The van der Waals surface area contributed by atoms with Crippen molar-refractivity contribution in [2.45, 2.75) is 46.7 Å². The van der Waals surface area contributed by atoms with Crippen molar-refractivity contribution < 1.29 is 0 Å². The second kappa shape index (κ2) is 7.34. The van der Waals surface area contributed by atoms with Gasteiger partial charge in [0.1, 0.15) is 0 Å². The molecule has 3 heteroatoms. The van der Waals surface area contributed by atoms with Crippen LogP contribution >= 0.6 is 0 Å². The summed E-state index contributed by atoms with van der Waals surface area (Å²) in [4.78, 5) is 5.21. The van der Waals surface area contributed by atoms with Crippen LogP contribution < -0.4 is 5.32 Å². The van der Waals surface area contributed by atoms with Crippen molar-refractivity contribution in [1.82, 2.24) is 15.1 Å². The van der Waals surface area contributed by atoms with E-state index in [-0.39, 0.29) is 0 Å². The Labute approximate surface area is 108 Å². The van der Waals surface area contributed by atoms with Gasteiger partial charge in [0.25, 0.3) is 0 Å². The van der Waals surface area contributed by atoms with Gasteiger partial charge in [0.2, 0.25) is 0 Å². The number of piperazine rings is 1. The first-order chi connectivity index (χ1) is 8.02. The zero-order valence-electron chi connectivity index (χ0n) is 12.4. The van der Waals surface area contributed by atoms with Crippen molar-refractivity contribution in [3.8, 4) is 0 Å². The molecule has 0 aromatic carbocycles. The maximum absolute atomic E-state index is 3.53. The first kappa shape index (κ1) is 14.9. The Hall–Kier alpha value is -0.120. The van der Waals surface area contributed by atoms with Gasteiger partial charge in [0.15, 0.2) is 0 Å².